The van der Waals surface area contributed by atoms with Crippen LogP contribution in [0.15, 0.2) is 103 Å². The van der Waals surface area contributed by atoms with E-state index in [9.17, 15) is 0 Å². The van der Waals surface area contributed by atoms with Gasteiger partial charge in [-0.1, -0.05) is 118 Å². The Morgan fingerprint density at radius 1 is 0.606 bits per heavy atom. The van der Waals surface area contributed by atoms with Crippen LogP contribution >= 0.6 is 7.92 Å². The zero-order valence-electron chi connectivity index (χ0n) is 18.9. The normalized spacial score (nSPS) is 15.6. The lowest BCUT2D eigenvalue weighted by Crippen LogP contribution is -2.23. The van der Waals surface area contributed by atoms with Crippen LogP contribution in [0.25, 0.3) is 32.7 Å². The van der Waals surface area contributed by atoms with E-state index >= 15 is 0 Å². The number of rotatable bonds is 3. The van der Waals surface area contributed by atoms with E-state index in [1.807, 2.05) is 0 Å². The van der Waals surface area contributed by atoms with Gasteiger partial charge in [0, 0.05) is 6.04 Å². The summed E-state index contributed by atoms with van der Waals surface area (Å²) < 4.78 is 0. The van der Waals surface area contributed by atoms with Gasteiger partial charge in [0.05, 0.1) is 0 Å². The van der Waals surface area contributed by atoms with Gasteiger partial charge in [-0.25, -0.2) is 0 Å². The van der Waals surface area contributed by atoms with E-state index in [0.29, 0.717) is 5.66 Å². The van der Waals surface area contributed by atoms with Crippen molar-refractivity contribution in [2.45, 2.75) is 30.9 Å². The summed E-state index contributed by atoms with van der Waals surface area (Å²) in [6, 6.07) is 37.8. The molecule has 1 heterocycles. The van der Waals surface area contributed by atoms with E-state index in [4.69, 9.17) is 5.73 Å². The maximum Gasteiger partial charge on any atom is 0.0360 e. The molecule has 2 unspecified atom stereocenters. The van der Waals surface area contributed by atoms with Crippen LogP contribution in [0, 0.1) is 0 Å². The highest BCUT2D eigenvalue weighted by Gasteiger charge is 2.30. The number of hydrogen-bond donors (Lipinski definition) is 1. The lowest BCUT2D eigenvalue weighted by atomic mass is 9.88. The summed E-state index contributed by atoms with van der Waals surface area (Å²) >= 11 is 0. The zero-order valence-corrected chi connectivity index (χ0v) is 19.8. The quantitative estimate of drug-likeness (QED) is 0.278. The Morgan fingerprint density at radius 2 is 1.09 bits per heavy atom. The van der Waals surface area contributed by atoms with Gasteiger partial charge in [0.15, 0.2) is 0 Å². The molecule has 0 bridgehead atoms. The average Bonchev–Trinajstić information content (AvgIpc) is 3.05. The Hall–Kier alpha value is -2.99. The largest absolute Gasteiger partial charge is 0.323 e. The molecule has 2 heteroatoms. The molecule has 0 saturated heterocycles. The molecule has 2 atom stereocenters. The molecule has 5 aromatic carbocycles. The van der Waals surface area contributed by atoms with Gasteiger partial charge < -0.3 is 5.73 Å². The second-order valence-electron chi connectivity index (χ2n) is 9.22. The van der Waals surface area contributed by atoms with Crippen molar-refractivity contribution >= 4 is 29.5 Å². The monoisotopic (exact) mass is 445 g/mol. The first-order chi connectivity index (χ1) is 16.2. The van der Waals surface area contributed by atoms with Crippen molar-refractivity contribution in [3.8, 4) is 11.1 Å². The number of benzene rings is 5. The Labute approximate surface area is 197 Å². The second kappa shape index (κ2) is 8.41. The molecule has 0 spiro atoms. The molecule has 1 nitrogen and oxygen atoms in total. The standard InChI is InChI=1S/C31H28NP/c1-21(31(32)24-11-3-2-4-12-24)33-19-25-17-15-22-9-5-7-13-27(22)29(25)30-26(20-33)18-16-23-10-6-8-14-28(23)30/h2-18,21,31H,19-20,32H2,1H3. The summed E-state index contributed by atoms with van der Waals surface area (Å²) in [6.07, 6.45) is 2.22. The molecule has 1 aliphatic heterocycles. The minimum Gasteiger partial charge on any atom is -0.323 e. The van der Waals surface area contributed by atoms with Crippen LogP contribution in [0.1, 0.15) is 29.7 Å². The Morgan fingerprint density at radius 3 is 1.64 bits per heavy atom. The molecule has 6 rings (SSSR count). The highest BCUT2D eigenvalue weighted by Crippen LogP contribution is 2.57. The molecular weight excluding hydrogens is 417 g/mol. The van der Waals surface area contributed by atoms with Crippen molar-refractivity contribution in [2.75, 3.05) is 0 Å². The minimum atomic E-state index is -0.332. The van der Waals surface area contributed by atoms with Crippen LogP contribution in [-0.4, -0.2) is 5.66 Å². The van der Waals surface area contributed by atoms with E-state index in [1.54, 1.807) is 0 Å². The molecule has 0 aromatic heterocycles. The minimum absolute atomic E-state index is 0.0585. The Bertz CT molecular complexity index is 1370. The van der Waals surface area contributed by atoms with Crippen LogP contribution in [-0.2, 0) is 12.3 Å². The molecule has 0 amide bonds. The van der Waals surface area contributed by atoms with Gasteiger partial charge in [-0.2, -0.15) is 0 Å². The fraction of sp³-hybridized carbons (Fsp3) is 0.161. The summed E-state index contributed by atoms with van der Waals surface area (Å²) in [7, 11) is -0.332. The topological polar surface area (TPSA) is 26.0 Å². The van der Waals surface area contributed by atoms with Crippen LogP contribution in [0.5, 0.6) is 0 Å². The summed E-state index contributed by atoms with van der Waals surface area (Å²) in [5.74, 6) is 0. The number of fused-ring (bicyclic) bond motifs is 7. The van der Waals surface area contributed by atoms with Crippen LogP contribution in [0.2, 0.25) is 0 Å². The smallest absolute Gasteiger partial charge is 0.0360 e. The third-order valence-electron chi connectivity index (χ3n) is 7.31. The molecule has 1 aliphatic rings. The maximum absolute atomic E-state index is 6.86. The lowest BCUT2D eigenvalue weighted by Gasteiger charge is -2.29. The van der Waals surface area contributed by atoms with E-state index in [-0.39, 0.29) is 14.0 Å². The van der Waals surface area contributed by atoms with E-state index in [2.05, 4.69) is 110 Å². The SMILES string of the molecule is CC(C(N)c1ccccc1)P1Cc2ccc3ccccc3c2-c2c(ccc3ccccc23)C1. The predicted molar refractivity (Wildman–Crippen MR) is 144 cm³/mol. The second-order valence-corrected chi connectivity index (χ2v) is 11.8. The number of hydrogen-bond acceptors (Lipinski definition) is 1. The molecule has 0 fully saturated rings. The maximum atomic E-state index is 6.86. The van der Waals surface area contributed by atoms with Crippen molar-refractivity contribution in [2.24, 2.45) is 5.73 Å². The summed E-state index contributed by atoms with van der Waals surface area (Å²) in [4.78, 5) is 0. The van der Waals surface area contributed by atoms with Gasteiger partial charge in [0.25, 0.3) is 0 Å². The third-order valence-corrected chi connectivity index (χ3v) is 10.3. The summed E-state index contributed by atoms with van der Waals surface area (Å²) in [5, 5.41) is 5.36. The van der Waals surface area contributed by atoms with Crippen LogP contribution < -0.4 is 5.73 Å². The molecule has 0 saturated carbocycles. The summed E-state index contributed by atoms with van der Waals surface area (Å²) in [5.41, 5.74) is 14.4. The van der Waals surface area contributed by atoms with Crippen LogP contribution in [0.3, 0.4) is 0 Å². The van der Waals surface area contributed by atoms with E-state index in [0.717, 1.165) is 12.3 Å². The summed E-state index contributed by atoms with van der Waals surface area (Å²) in [6.45, 7) is 2.37. The van der Waals surface area contributed by atoms with E-state index < -0.39 is 0 Å². The van der Waals surface area contributed by atoms with Gasteiger partial charge in [-0.15, -0.1) is 0 Å². The first kappa shape index (κ1) is 20.6. The highest BCUT2D eigenvalue weighted by molar-refractivity contribution is 7.56. The van der Waals surface area contributed by atoms with Crippen molar-refractivity contribution < 1.29 is 0 Å². The fourth-order valence-corrected chi connectivity index (χ4v) is 8.17. The Kier molecular flexibility index (Phi) is 5.25. The highest BCUT2D eigenvalue weighted by atomic mass is 31.1. The average molecular weight is 446 g/mol. The van der Waals surface area contributed by atoms with Crippen molar-refractivity contribution in [1.82, 2.24) is 0 Å². The van der Waals surface area contributed by atoms with E-state index in [1.165, 1.54) is 49.4 Å². The van der Waals surface area contributed by atoms with Crippen molar-refractivity contribution in [3.63, 3.8) is 0 Å². The van der Waals surface area contributed by atoms with Gasteiger partial charge >= 0.3 is 0 Å². The van der Waals surface area contributed by atoms with Crippen LogP contribution in [0.4, 0.5) is 0 Å². The predicted octanol–water partition coefficient (Wildman–Crippen LogP) is 8.24. The number of nitrogens with two attached hydrogens (primary N) is 1. The molecular formula is C31H28NP. The Balaban J connectivity index is 1.56. The van der Waals surface area contributed by atoms with Gasteiger partial charge in [-0.05, 0) is 67.3 Å². The van der Waals surface area contributed by atoms with Crippen molar-refractivity contribution in [1.29, 1.82) is 0 Å². The zero-order chi connectivity index (χ0) is 22.4. The van der Waals surface area contributed by atoms with Gasteiger partial charge in [0.1, 0.15) is 0 Å². The van der Waals surface area contributed by atoms with Gasteiger partial charge in [-0.3, -0.25) is 0 Å². The lowest BCUT2D eigenvalue weighted by molar-refractivity contribution is 0.703. The molecule has 162 valence electrons. The molecule has 0 radical (unpaired) electrons. The first-order valence-electron chi connectivity index (χ1n) is 11.8. The molecule has 0 aliphatic carbocycles. The molecule has 2 N–H and O–H groups in total. The fourth-order valence-electron chi connectivity index (χ4n) is 5.45. The van der Waals surface area contributed by atoms with Gasteiger partial charge in [0.2, 0.25) is 0 Å². The molecule has 5 aromatic rings. The first-order valence-corrected chi connectivity index (χ1v) is 13.5. The third kappa shape index (κ3) is 3.57. The molecule has 33 heavy (non-hydrogen) atoms. The van der Waals surface area contributed by atoms with Crippen molar-refractivity contribution in [3.05, 3.63) is 120 Å².